The molecular formula is C19H22N2O4. The lowest BCUT2D eigenvalue weighted by Crippen LogP contribution is -2.15. The highest BCUT2D eigenvalue weighted by Gasteiger charge is 2.14. The van der Waals surface area contributed by atoms with Gasteiger partial charge in [-0.25, -0.2) is 0 Å². The molecule has 0 aliphatic rings. The minimum atomic E-state index is -0.157. The second kappa shape index (κ2) is 8.19. The number of anilines is 2. The maximum Gasteiger partial charge on any atom is 0.228 e. The van der Waals surface area contributed by atoms with Gasteiger partial charge in [0, 0.05) is 29.4 Å². The number of hydrogen-bond donors (Lipinski definition) is 2. The van der Waals surface area contributed by atoms with Crippen molar-refractivity contribution in [2.45, 2.75) is 20.3 Å². The summed E-state index contributed by atoms with van der Waals surface area (Å²) in [7, 11) is 3.17. The maximum atomic E-state index is 12.3. The summed E-state index contributed by atoms with van der Waals surface area (Å²) in [6, 6.07) is 10.6. The summed E-state index contributed by atoms with van der Waals surface area (Å²) < 4.78 is 10.7. The Morgan fingerprint density at radius 2 is 1.52 bits per heavy atom. The van der Waals surface area contributed by atoms with Crippen LogP contribution in [0.5, 0.6) is 11.5 Å². The number of hydrogen-bond acceptors (Lipinski definition) is 4. The molecule has 2 N–H and O–H groups in total. The van der Waals surface area contributed by atoms with E-state index in [0.29, 0.717) is 17.1 Å². The number of rotatable bonds is 6. The molecule has 0 saturated heterocycles. The van der Waals surface area contributed by atoms with Crippen LogP contribution < -0.4 is 20.1 Å². The second-order valence-corrected chi connectivity index (χ2v) is 5.57. The summed E-state index contributed by atoms with van der Waals surface area (Å²) in [5.41, 5.74) is 2.98. The molecule has 2 aromatic rings. The molecule has 0 aliphatic carbocycles. The Labute approximate surface area is 147 Å². The zero-order valence-electron chi connectivity index (χ0n) is 14.8. The smallest absolute Gasteiger partial charge is 0.228 e. The molecule has 0 bridgehead atoms. The molecule has 132 valence electrons. The van der Waals surface area contributed by atoms with E-state index in [1.807, 2.05) is 19.1 Å². The van der Waals surface area contributed by atoms with Crippen molar-refractivity contribution in [3.8, 4) is 11.5 Å². The lowest BCUT2D eigenvalue weighted by molar-refractivity contribution is -0.116. The van der Waals surface area contributed by atoms with Gasteiger partial charge in [-0.05, 0) is 37.3 Å². The fourth-order valence-electron chi connectivity index (χ4n) is 2.59. The zero-order valence-corrected chi connectivity index (χ0v) is 14.8. The van der Waals surface area contributed by atoms with Crippen LogP contribution in [-0.2, 0) is 16.0 Å². The third-order valence-corrected chi connectivity index (χ3v) is 3.70. The first kappa shape index (κ1) is 18.3. The molecule has 0 spiro atoms. The lowest BCUT2D eigenvalue weighted by atomic mass is 10.1. The molecule has 6 heteroatoms. The van der Waals surface area contributed by atoms with Gasteiger partial charge in [-0.3, -0.25) is 9.59 Å². The van der Waals surface area contributed by atoms with Gasteiger partial charge in [0.05, 0.1) is 20.6 Å². The van der Waals surface area contributed by atoms with Gasteiger partial charge in [0.15, 0.2) is 0 Å². The molecular weight excluding hydrogens is 320 g/mol. The van der Waals surface area contributed by atoms with Gasteiger partial charge in [0.25, 0.3) is 0 Å². The van der Waals surface area contributed by atoms with E-state index in [4.69, 9.17) is 9.47 Å². The van der Waals surface area contributed by atoms with Crippen molar-refractivity contribution >= 4 is 23.2 Å². The van der Waals surface area contributed by atoms with Crippen molar-refractivity contribution in [1.29, 1.82) is 0 Å². The number of methoxy groups -OCH3 is 2. The molecule has 0 fully saturated rings. The first-order valence-electron chi connectivity index (χ1n) is 7.82. The second-order valence-electron chi connectivity index (χ2n) is 5.57. The minimum absolute atomic E-state index is 0.140. The number of nitrogens with one attached hydrogen (secondary N) is 2. The van der Waals surface area contributed by atoms with Crippen molar-refractivity contribution < 1.29 is 19.1 Å². The Balaban J connectivity index is 2.07. The molecule has 0 heterocycles. The number of benzene rings is 2. The average Bonchev–Trinajstić information content (AvgIpc) is 2.56. The summed E-state index contributed by atoms with van der Waals surface area (Å²) in [5.74, 6) is 1.07. The van der Waals surface area contributed by atoms with E-state index in [1.165, 1.54) is 6.92 Å². The predicted octanol–water partition coefficient (Wildman–Crippen LogP) is 3.15. The number of carbonyl (C=O) groups excluding carboxylic acids is 2. The monoisotopic (exact) mass is 342 g/mol. The molecule has 2 amide bonds. The molecule has 0 aromatic heterocycles. The van der Waals surface area contributed by atoms with E-state index in [1.54, 1.807) is 38.5 Å². The van der Waals surface area contributed by atoms with Crippen LogP contribution in [0.2, 0.25) is 0 Å². The van der Waals surface area contributed by atoms with Crippen molar-refractivity contribution in [1.82, 2.24) is 0 Å². The topological polar surface area (TPSA) is 76.7 Å². The van der Waals surface area contributed by atoms with Gasteiger partial charge in [0.2, 0.25) is 11.8 Å². The van der Waals surface area contributed by atoms with Gasteiger partial charge in [0.1, 0.15) is 11.5 Å². The zero-order chi connectivity index (χ0) is 18.4. The molecule has 6 nitrogen and oxygen atoms in total. The molecule has 2 rings (SSSR count). The van der Waals surface area contributed by atoms with E-state index in [9.17, 15) is 9.59 Å². The van der Waals surface area contributed by atoms with Crippen LogP contribution in [0, 0.1) is 6.92 Å². The van der Waals surface area contributed by atoms with Crippen molar-refractivity contribution in [2.24, 2.45) is 0 Å². The van der Waals surface area contributed by atoms with Crippen LogP contribution in [0.15, 0.2) is 36.4 Å². The normalized spacial score (nSPS) is 10.1. The number of ether oxygens (including phenoxy) is 2. The number of amides is 2. The Kier molecular flexibility index (Phi) is 6.00. The van der Waals surface area contributed by atoms with E-state index in [2.05, 4.69) is 10.6 Å². The van der Waals surface area contributed by atoms with Crippen molar-refractivity contribution in [3.63, 3.8) is 0 Å². The molecule has 0 atom stereocenters. The SMILES string of the molecule is COc1ccc(CC(=O)Nc2ccc(NC(C)=O)cc2)c(OC)c1C. The molecule has 0 saturated carbocycles. The van der Waals surface area contributed by atoms with Crippen LogP contribution >= 0.6 is 0 Å². The van der Waals surface area contributed by atoms with Crippen LogP contribution in [0.4, 0.5) is 11.4 Å². The quantitative estimate of drug-likeness (QED) is 0.845. The van der Waals surface area contributed by atoms with Crippen molar-refractivity contribution in [2.75, 3.05) is 24.9 Å². The first-order valence-corrected chi connectivity index (χ1v) is 7.82. The highest BCUT2D eigenvalue weighted by atomic mass is 16.5. The van der Waals surface area contributed by atoms with Crippen LogP contribution in [0.3, 0.4) is 0 Å². The Hall–Kier alpha value is -3.02. The van der Waals surface area contributed by atoms with E-state index < -0.39 is 0 Å². The van der Waals surface area contributed by atoms with Crippen LogP contribution in [-0.4, -0.2) is 26.0 Å². The predicted molar refractivity (Wildman–Crippen MR) is 97.4 cm³/mol. The third-order valence-electron chi connectivity index (χ3n) is 3.70. The van der Waals surface area contributed by atoms with Gasteiger partial charge in [-0.15, -0.1) is 0 Å². The molecule has 2 aromatic carbocycles. The summed E-state index contributed by atoms with van der Waals surface area (Å²) in [6.45, 7) is 3.33. The van der Waals surface area contributed by atoms with Gasteiger partial charge >= 0.3 is 0 Å². The highest BCUT2D eigenvalue weighted by molar-refractivity contribution is 5.93. The standard InChI is InChI=1S/C19H22N2O4/c1-12-17(24-3)10-5-14(19(12)25-4)11-18(23)21-16-8-6-15(7-9-16)20-13(2)22/h5-10H,11H2,1-4H3,(H,20,22)(H,21,23). The van der Waals surface area contributed by atoms with E-state index >= 15 is 0 Å². The van der Waals surface area contributed by atoms with E-state index in [0.717, 1.165) is 16.9 Å². The molecule has 25 heavy (non-hydrogen) atoms. The van der Waals surface area contributed by atoms with Crippen LogP contribution in [0.25, 0.3) is 0 Å². The van der Waals surface area contributed by atoms with Crippen LogP contribution in [0.1, 0.15) is 18.1 Å². The Bertz CT molecular complexity index is 770. The fraction of sp³-hybridized carbons (Fsp3) is 0.263. The molecule has 0 aliphatic heterocycles. The first-order chi connectivity index (χ1) is 11.9. The maximum absolute atomic E-state index is 12.3. The average molecular weight is 342 g/mol. The number of carbonyl (C=O) groups is 2. The van der Waals surface area contributed by atoms with E-state index in [-0.39, 0.29) is 18.2 Å². The van der Waals surface area contributed by atoms with Gasteiger partial charge in [-0.1, -0.05) is 6.07 Å². The molecule has 0 radical (unpaired) electrons. The summed E-state index contributed by atoms with van der Waals surface area (Å²) in [5, 5.41) is 5.51. The summed E-state index contributed by atoms with van der Waals surface area (Å²) in [6.07, 6.45) is 0.182. The van der Waals surface area contributed by atoms with Gasteiger partial charge < -0.3 is 20.1 Å². The van der Waals surface area contributed by atoms with Gasteiger partial charge in [-0.2, -0.15) is 0 Å². The fourth-order valence-corrected chi connectivity index (χ4v) is 2.59. The highest BCUT2D eigenvalue weighted by Crippen LogP contribution is 2.31. The molecule has 0 unspecified atom stereocenters. The Morgan fingerprint density at radius 1 is 0.920 bits per heavy atom. The summed E-state index contributed by atoms with van der Waals surface area (Å²) in [4.78, 5) is 23.3. The Morgan fingerprint density at radius 3 is 2.04 bits per heavy atom. The minimum Gasteiger partial charge on any atom is -0.496 e. The van der Waals surface area contributed by atoms with Crippen molar-refractivity contribution in [3.05, 3.63) is 47.5 Å². The summed E-state index contributed by atoms with van der Waals surface area (Å²) >= 11 is 0. The lowest BCUT2D eigenvalue weighted by Gasteiger charge is -2.14. The third kappa shape index (κ3) is 4.73. The largest absolute Gasteiger partial charge is 0.496 e.